The van der Waals surface area contributed by atoms with E-state index in [1.54, 1.807) is 5.57 Å². The van der Waals surface area contributed by atoms with E-state index >= 15 is 0 Å². The molecule has 0 nitrogen and oxygen atoms in total. The molecule has 8 rings (SSSR count). The van der Waals surface area contributed by atoms with Crippen molar-refractivity contribution < 1.29 is 0 Å². The van der Waals surface area contributed by atoms with Crippen molar-refractivity contribution in [1.29, 1.82) is 0 Å². The second-order valence-electron chi connectivity index (χ2n) is 11.6. The number of fused-ring (bicyclic) bond motifs is 6. The first-order valence-corrected chi connectivity index (χ1v) is 14.7. The summed E-state index contributed by atoms with van der Waals surface area (Å²) in [5.41, 5.74) is 14.4. The fourth-order valence-corrected chi connectivity index (χ4v) is 7.41. The molecule has 2 aliphatic carbocycles. The highest BCUT2D eigenvalue weighted by molar-refractivity contribution is 6.14. The van der Waals surface area contributed by atoms with Crippen LogP contribution in [-0.4, -0.2) is 0 Å². The van der Waals surface area contributed by atoms with Gasteiger partial charge in [-0.25, -0.2) is 0 Å². The molecule has 2 atom stereocenters. The molecule has 0 aromatic heterocycles. The van der Waals surface area contributed by atoms with Gasteiger partial charge in [0.05, 0.1) is 0 Å². The smallest absolute Gasteiger partial charge is 0.0314 e. The van der Waals surface area contributed by atoms with Crippen LogP contribution in [0.1, 0.15) is 54.0 Å². The van der Waals surface area contributed by atoms with E-state index in [-0.39, 0.29) is 5.92 Å². The Morgan fingerprint density at radius 1 is 0.650 bits per heavy atom. The van der Waals surface area contributed by atoms with Crippen LogP contribution in [0.2, 0.25) is 0 Å². The molecule has 2 aliphatic rings. The zero-order chi connectivity index (χ0) is 26.8. The summed E-state index contributed by atoms with van der Waals surface area (Å²) in [6, 6.07) is 43.1. The van der Waals surface area contributed by atoms with Crippen molar-refractivity contribution in [2.75, 3.05) is 0 Å². The van der Waals surface area contributed by atoms with Gasteiger partial charge in [-0.2, -0.15) is 0 Å². The second kappa shape index (κ2) is 9.07. The van der Waals surface area contributed by atoms with E-state index in [0.29, 0.717) is 5.92 Å². The molecule has 2 unspecified atom stereocenters. The van der Waals surface area contributed by atoms with Crippen molar-refractivity contribution in [2.45, 2.75) is 32.6 Å². The van der Waals surface area contributed by atoms with Crippen LogP contribution >= 0.6 is 0 Å². The van der Waals surface area contributed by atoms with E-state index in [1.807, 2.05) is 0 Å². The first-order valence-electron chi connectivity index (χ1n) is 14.7. The number of rotatable bonds is 4. The molecular weight excluding hydrogens is 480 g/mol. The van der Waals surface area contributed by atoms with E-state index < -0.39 is 0 Å². The van der Waals surface area contributed by atoms with E-state index in [1.165, 1.54) is 71.6 Å². The summed E-state index contributed by atoms with van der Waals surface area (Å²) in [7, 11) is 0. The maximum Gasteiger partial charge on any atom is 0.0314 e. The molecule has 0 bridgehead atoms. The average Bonchev–Trinajstić information content (AvgIpc) is 3.58. The summed E-state index contributed by atoms with van der Waals surface area (Å²) in [5, 5.41) is 5.25. The maximum absolute atomic E-state index is 2.56. The Kier molecular flexibility index (Phi) is 5.32. The lowest BCUT2D eigenvalue weighted by Gasteiger charge is -2.24. The predicted molar refractivity (Wildman–Crippen MR) is 171 cm³/mol. The van der Waals surface area contributed by atoms with Crippen molar-refractivity contribution in [3.8, 4) is 22.3 Å². The van der Waals surface area contributed by atoms with Crippen LogP contribution in [0.15, 0.2) is 121 Å². The highest BCUT2D eigenvalue weighted by atomic mass is 14.4. The van der Waals surface area contributed by atoms with Gasteiger partial charge in [0.15, 0.2) is 0 Å². The quantitative estimate of drug-likeness (QED) is 0.206. The van der Waals surface area contributed by atoms with Gasteiger partial charge in [-0.3, -0.25) is 0 Å². The summed E-state index contributed by atoms with van der Waals surface area (Å²) in [6.07, 6.45) is 4.72. The van der Waals surface area contributed by atoms with Crippen LogP contribution < -0.4 is 0 Å². The van der Waals surface area contributed by atoms with Gasteiger partial charge in [0, 0.05) is 5.92 Å². The Hall–Kier alpha value is -4.42. The average molecular weight is 513 g/mol. The molecule has 0 heteroatoms. The predicted octanol–water partition coefficient (Wildman–Crippen LogP) is 10.8. The van der Waals surface area contributed by atoms with Crippen molar-refractivity contribution >= 4 is 27.6 Å². The molecule has 0 saturated carbocycles. The summed E-state index contributed by atoms with van der Waals surface area (Å²) < 4.78 is 0. The molecular formula is C40H32. The normalized spacial score (nSPS) is 16.1. The Morgan fingerprint density at radius 3 is 2.02 bits per heavy atom. The van der Waals surface area contributed by atoms with Gasteiger partial charge in [0.1, 0.15) is 0 Å². The largest absolute Gasteiger partial charge is 0.0648 e. The second-order valence-corrected chi connectivity index (χ2v) is 11.6. The van der Waals surface area contributed by atoms with Crippen molar-refractivity contribution in [3.63, 3.8) is 0 Å². The Bertz CT molecular complexity index is 1930. The SMILES string of the molecule is CCC(C)C1=Cc2c(-c3c4ccccc4cc4ccccc34)cccc2C1c1cccc2c1Cc1ccccc1-2. The van der Waals surface area contributed by atoms with Crippen LogP contribution in [0.5, 0.6) is 0 Å². The van der Waals surface area contributed by atoms with Crippen LogP contribution in [0, 0.1) is 5.92 Å². The van der Waals surface area contributed by atoms with E-state index in [2.05, 4.69) is 135 Å². The van der Waals surface area contributed by atoms with Gasteiger partial charge < -0.3 is 0 Å². The molecule has 6 aromatic rings. The minimum Gasteiger partial charge on any atom is -0.0648 e. The Balaban J connectivity index is 1.40. The molecule has 0 amide bonds. The molecule has 0 aliphatic heterocycles. The van der Waals surface area contributed by atoms with E-state index in [9.17, 15) is 0 Å². The van der Waals surface area contributed by atoms with Crippen molar-refractivity contribution in [2.24, 2.45) is 5.92 Å². The Labute approximate surface area is 236 Å². The highest BCUT2D eigenvalue weighted by Crippen LogP contribution is 2.52. The summed E-state index contributed by atoms with van der Waals surface area (Å²) in [6.45, 7) is 4.74. The lowest BCUT2D eigenvalue weighted by molar-refractivity contribution is 0.625. The number of benzene rings is 6. The first-order chi connectivity index (χ1) is 19.7. The van der Waals surface area contributed by atoms with Gasteiger partial charge in [-0.1, -0.05) is 135 Å². The molecule has 6 aromatic carbocycles. The van der Waals surface area contributed by atoms with Gasteiger partial charge in [0.25, 0.3) is 0 Å². The van der Waals surface area contributed by atoms with Crippen molar-refractivity contribution in [1.82, 2.24) is 0 Å². The summed E-state index contributed by atoms with van der Waals surface area (Å²) >= 11 is 0. The molecule has 40 heavy (non-hydrogen) atoms. The molecule has 0 heterocycles. The van der Waals surface area contributed by atoms with Crippen LogP contribution in [0.25, 0.3) is 49.9 Å². The number of allylic oxidation sites excluding steroid dienone is 1. The monoisotopic (exact) mass is 512 g/mol. The molecule has 0 N–H and O–H groups in total. The van der Waals surface area contributed by atoms with Gasteiger partial charge in [0.2, 0.25) is 0 Å². The highest BCUT2D eigenvalue weighted by Gasteiger charge is 2.34. The van der Waals surface area contributed by atoms with Crippen LogP contribution in [-0.2, 0) is 6.42 Å². The molecule has 0 spiro atoms. The van der Waals surface area contributed by atoms with Gasteiger partial charge >= 0.3 is 0 Å². The summed E-state index contributed by atoms with van der Waals surface area (Å²) in [4.78, 5) is 0. The molecule has 0 fully saturated rings. The van der Waals surface area contributed by atoms with E-state index in [0.717, 1.165) is 12.8 Å². The number of hydrogen-bond acceptors (Lipinski definition) is 0. The topological polar surface area (TPSA) is 0 Å². The molecule has 192 valence electrons. The molecule has 0 radical (unpaired) electrons. The molecule has 0 saturated heterocycles. The lowest BCUT2D eigenvalue weighted by Crippen LogP contribution is -2.10. The fourth-order valence-electron chi connectivity index (χ4n) is 7.41. The number of hydrogen-bond donors (Lipinski definition) is 0. The third-order valence-electron chi connectivity index (χ3n) is 9.52. The Morgan fingerprint density at radius 2 is 1.27 bits per heavy atom. The van der Waals surface area contributed by atoms with Crippen molar-refractivity contribution in [3.05, 3.63) is 149 Å². The minimum absolute atomic E-state index is 0.287. The van der Waals surface area contributed by atoms with Crippen LogP contribution in [0.3, 0.4) is 0 Å². The zero-order valence-corrected chi connectivity index (χ0v) is 23.1. The van der Waals surface area contributed by atoms with Crippen LogP contribution in [0.4, 0.5) is 0 Å². The van der Waals surface area contributed by atoms with Gasteiger partial charge in [-0.15, -0.1) is 0 Å². The zero-order valence-electron chi connectivity index (χ0n) is 23.1. The minimum atomic E-state index is 0.287. The third-order valence-corrected chi connectivity index (χ3v) is 9.52. The standard InChI is InChI=1S/C40H32/c1-3-25(2)36-24-38-34(39-30-16-8-5-12-26(30)22-27-13-6-9-17-31(27)39)20-11-21-35(38)40(36)33-19-10-18-32-29-15-7-4-14-28(29)23-37(32)33/h4-22,24-25,40H,3,23H2,1-2H3. The summed E-state index contributed by atoms with van der Waals surface area (Å²) in [5.74, 6) is 0.796. The maximum atomic E-state index is 2.56. The van der Waals surface area contributed by atoms with Gasteiger partial charge in [-0.05, 0) is 96.4 Å². The lowest BCUT2D eigenvalue weighted by atomic mass is 9.79. The first kappa shape index (κ1) is 23.5. The fraction of sp³-hybridized carbons (Fsp3) is 0.150. The third kappa shape index (κ3) is 3.39. The van der Waals surface area contributed by atoms with E-state index in [4.69, 9.17) is 0 Å².